The summed E-state index contributed by atoms with van der Waals surface area (Å²) >= 11 is 0. The van der Waals surface area contributed by atoms with Crippen molar-refractivity contribution >= 4 is 5.97 Å². The maximum absolute atomic E-state index is 10.5. The molecule has 5 nitrogen and oxygen atoms in total. The molecule has 3 N–H and O–H groups in total. The van der Waals surface area contributed by atoms with E-state index in [2.05, 4.69) is 18.8 Å². The Labute approximate surface area is 90.4 Å². The van der Waals surface area contributed by atoms with Crippen LogP contribution in [0.2, 0.25) is 0 Å². The smallest absolute Gasteiger partial charge is 0.317 e. The number of carboxylic acid groups (broad SMARTS) is 1. The summed E-state index contributed by atoms with van der Waals surface area (Å²) in [6, 6.07) is 0. The zero-order valence-electron chi connectivity index (χ0n) is 9.20. The van der Waals surface area contributed by atoms with Crippen LogP contribution < -0.4 is 5.32 Å². The number of aliphatic carboxylic acids is 1. The van der Waals surface area contributed by atoms with Crippen molar-refractivity contribution in [3.8, 4) is 0 Å². The van der Waals surface area contributed by atoms with Gasteiger partial charge in [0.1, 0.15) is 0 Å². The second-order valence-corrected chi connectivity index (χ2v) is 3.42. The number of carbonyl (C=O) groups is 1. The number of aliphatic hydroxyl groups excluding tert-OH is 1. The van der Waals surface area contributed by atoms with E-state index in [0.717, 1.165) is 13.0 Å². The van der Waals surface area contributed by atoms with Gasteiger partial charge in [-0.05, 0) is 13.0 Å². The highest BCUT2D eigenvalue weighted by Crippen LogP contribution is 1.92. The number of nitrogens with one attached hydrogen (secondary N) is 1. The Hall–Kier alpha value is -1.07. The molecular formula is C10H20N2O3. The number of carboxylic acids is 1. The fourth-order valence-corrected chi connectivity index (χ4v) is 1.20. The van der Waals surface area contributed by atoms with Crippen molar-refractivity contribution in [3.05, 3.63) is 12.3 Å². The Balaban J connectivity index is 3.79. The van der Waals surface area contributed by atoms with Gasteiger partial charge < -0.3 is 15.5 Å². The lowest BCUT2D eigenvalue weighted by Crippen LogP contribution is -2.37. The molecule has 0 radical (unpaired) electrons. The second kappa shape index (κ2) is 8.26. The van der Waals surface area contributed by atoms with Crippen LogP contribution >= 0.6 is 0 Å². The highest BCUT2D eigenvalue weighted by Gasteiger charge is 2.09. The number of hydrogen-bond donors (Lipinski definition) is 3. The SMILES string of the molecule is C=C(O)CN(CCNCCC)CC(=O)O. The van der Waals surface area contributed by atoms with E-state index in [-0.39, 0.29) is 18.8 Å². The van der Waals surface area contributed by atoms with Crippen molar-refractivity contribution in [1.82, 2.24) is 10.2 Å². The molecule has 0 aliphatic rings. The number of nitrogens with zero attached hydrogens (tertiary/aromatic N) is 1. The Morgan fingerprint density at radius 2 is 2.00 bits per heavy atom. The molecule has 0 aliphatic carbocycles. The summed E-state index contributed by atoms with van der Waals surface area (Å²) in [5.41, 5.74) is 0. The van der Waals surface area contributed by atoms with Gasteiger partial charge in [-0.2, -0.15) is 0 Å². The minimum absolute atomic E-state index is 0.00765. The number of aliphatic hydroxyl groups is 1. The predicted octanol–water partition coefficient (Wildman–Crippen LogP) is 0.444. The monoisotopic (exact) mass is 216 g/mol. The lowest BCUT2D eigenvalue weighted by atomic mass is 10.4. The minimum Gasteiger partial charge on any atom is -0.512 e. The van der Waals surface area contributed by atoms with Crippen molar-refractivity contribution < 1.29 is 15.0 Å². The van der Waals surface area contributed by atoms with E-state index in [1.54, 1.807) is 4.90 Å². The third kappa shape index (κ3) is 9.24. The van der Waals surface area contributed by atoms with Crippen molar-refractivity contribution in [2.45, 2.75) is 13.3 Å². The first kappa shape index (κ1) is 13.9. The molecule has 0 aromatic rings. The van der Waals surface area contributed by atoms with Gasteiger partial charge in [0, 0.05) is 13.1 Å². The average Bonchev–Trinajstić information content (AvgIpc) is 2.10. The van der Waals surface area contributed by atoms with E-state index in [1.807, 2.05) is 0 Å². The molecule has 0 heterocycles. The van der Waals surface area contributed by atoms with Crippen LogP contribution in [0.25, 0.3) is 0 Å². The van der Waals surface area contributed by atoms with E-state index >= 15 is 0 Å². The van der Waals surface area contributed by atoms with Crippen molar-refractivity contribution in [3.63, 3.8) is 0 Å². The Bertz CT molecular complexity index is 191. The Morgan fingerprint density at radius 1 is 1.33 bits per heavy atom. The summed E-state index contributed by atoms with van der Waals surface area (Å²) in [7, 11) is 0. The maximum Gasteiger partial charge on any atom is 0.317 e. The quantitative estimate of drug-likeness (QED) is 0.385. The molecule has 0 rings (SSSR count). The molecule has 0 saturated carbocycles. The molecule has 15 heavy (non-hydrogen) atoms. The lowest BCUT2D eigenvalue weighted by Gasteiger charge is -2.19. The van der Waals surface area contributed by atoms with E-state index < -0.39 is 5.97 Å². The van der Waals surface area contributed by atoms with Gasteiger partial charge in [0.05, 0.1) is 18.8 Å². The molecule has 0 amide bonds. The van der Waals surface area contributed by atoms with E-state index in [0.29, 0.717) is 13.1 Å². The molecule has 0 bridgehead atoms. The fraction of sp³-hybridized carbons (Fsp3) is 0.700. The molecule has 0 atom stereocenters. The van der Waals surface area contributed by atoms with Crippen LogP contribution in [0.15, 0.2) is 12.3 Å². The van der Waals surface area contributed by atoms with Gasteiger partial charge >= 0.3 is 5.97 Å². The maximum atomic E-state index is 10.5. The third-order valence-corrected chi connectivity index (χ3v) is 1.80. The van der Waals surface area contributed by atoms with Crippen molar-refractivity contribution in [2.75, 3.05) is 32.7 Å². The van der Waals surface area contributed by atoms with Gasteiger partial charge in [0.2, 0.25) is 0 Å². The molecule has 0 aliphatic heterocycles. The van der Waals surface area contributed by atoms with Crippen LogP contribution in [0.5, 0.6) is 0 Å². The van der Waals surface area contributed by atoms with Crippen LogP contribution in [0.1, 0.15) is 13.3 Å². The molecule has 88 valence electrons. The second-order valence-electron chi connectivity index (χ2n) is 3.42. The summed E-state index contributed by atoms with van der Waals surface area (Å²) < 4.78 is 0. The Kier molecular flexibility index (Phi) is 7.67. The highest BCUT2D eigenvalue weighted by molar-refractivity contribution is 5.69. The average molecular weight is 216 g/mol. The highest BCUT2D eigenvalue weighted by atomic mass is 16.4. The largest absolute Gasteiger partial charge is 0.512 e. The standard InChI is InChI=1S/C10H20N2O3/c1-3-4-11-5-6-12(7-9(2)13)8-10(14)15/h11,13H,2-8H2,1H3,(H,14,15). The number of rotatable bonds is 9. The first-order chi connectivity index (χ1) is 7.06. The Morgan fingerprint density at radius 3 is 2.47 bits per heavy atom. The van der Waals surface area contributed by atoms with Gasteiger partial charge in [-0.3, -0.25) is 9.69 Å². The first-order valence-corrected chi connectivity index (χ1v) is 5.07. The van der Waals surface area contributed by atoms with Gasteiger partial charge in [-0.25, -0.2) is 0 Å². The molecule has 0 aromatic heterocycles. The molecule has 0 saturated heterocycles. The van der Waals surface area contributed by atoms with Gasteiger partial charge in [0.15, 0.2) is 0 Å². The summed E-state index contributed by atoms with van der Waals surface area (Å²) in [5.74, 6) is -0.904. The normalized spacial score (nSPS) is 10.5. The summed E-state index contributed by atoms with van der Waals surface area (Å²) in [4.78, 5) is 12.1. The summed E-state index contributed by atoms with van der Waals surface area (Å²) in [6.07, 6.45) is 1.05. The van der Waals surface area contributed by atoms with E-state index in [4.69, 9.17) is 10.2 Å². The molecule has 0 spiro atoms. The summed E-state index contributed by atoms with van der Waals surface area (Å²) in [6.45, 7) is 7.77. The van der Waals surface area contributed by atoms with E-state index in [9.17, 15) is 4.79 Å². The van der Waals surface area contributed by atoms with Gasteiger partial charge in [0.25, 0.3) is 0 Å². The van der Waals surface area contributed by atoms with E-state index in [1.165, 1.54) is 0 Å². The predicted molar refractivity (Wildman–Crippen MR) is 59.0 cm³/mol. The third-order valence-electron chi connectivity index (χ3n) is 1.80. The molecule has 0 fully saturated rings. The van der Waals surface area contributed by atoms with Crippen LogP contribution in [-0.4, -0.2) is 53.8 Å². The fourth-order valence-electron chi connectivity index (χ4n) is 1.20. The van der Waals surface area contributed by atoms with Crippen LogP contribution in [0, 0.1) is 0 Å². The summed E-state index contributed by atoms with van der Waals surface area (Å²) in [5, 5.41) is 20.8. The van der Waals surface area contributed by atoms with Crippen LogP contribution in [0.4, 0.5) is 0 Å². The van der Waals surface area contributed by atoms with Gasteiger partial charge in [-0.15, -0.1) is 0 Å². The van der Waals surface area contributed by atoms with Crippen LogP contribution in [-0.2, 0) is 4.79 Å². The topological polar surface area (TPSA) is 72.8 Å². The van der Waals surface area contributed by atoms with Crippen molar-refractivity contribution in [1.29, 1.82) is 0 Å². The number of hydrogen-bond acceptors (Lipinski definition) is 4. The molecule has 0 aromatic carbocycles. The molecule has 0 unspecified atom stereocenters. The van der Waals surface area contributed by atoms with Gasteiger partial charge in [-0.1, -0.05) is 13.5 Å². The van der Waals surface area contributed by atoms with Crippen LogP contribution in [0.3, 0.4) is 0 Å². The molecular weight excluding hydrogens is 196 g/mol. The zero-order chi connectivity index (χ0) is 11.7. The van der Waals surface area contributed by atoms with Crippen molar-refractivity contribution in [2.24, 2.45) is 0 Å². The zero-order valence-corrected chi connectivity index (χ0v) is 9.20. The molecule has 5 heteroatoms. The first-order valence-electron chi connectivity index (χ1n) is 5.07. The lowest BCUT2D eigenvalue weighted by molar-refractivity contribution is -0.138. The minimum atomic E-state index is -0.897.